The number of para-hydroxylation sites is 1. The molecule has 0 heterocycles. The van der Waals surface area contributed by atoms with Gasteiger partial charge in [-0.25, -0.2) is 0 Å². The summed E-state index contributed by atoms with van der Waals surface area (Å²) >= 11 is 0. The van der Waals surface area contributed by atoms with E-state index in [0.29, 0.717) is 12.1 Å². The van der Waals surface area contributed by atoms with Crippen molar-refractivity contribution >= 4 is 17.7 Å². The molecule has 1 aromatic rings. The third-order valence-corrected chi connectivity index (χ3v) is 2.61. The van der Waals surface area contributed by atoms with Crippen LogP contribution in [0.1, 0.15) is 18.9 Å². The van der Waals surface area contributed by atoms with Crippen LogP contribution < -0.4 is 11.1 Å². The maximum atomic E-state index is 11.5. The standard InChI is InChI=1S/C13H17N3O3/c1-2-11(14)9-15-13(17)8-7-10-5-3-4-6-12(10)16(18)19/h3-8,11H,2,9,14H2,1H3,(H,15,17). The minimum Gasteiger partial charge on any atom is -0.351 e. The molecule has 0 aromatic heterocycles. The highest BCUT2D eigenvalue weighted by Gasteiger charge is 2.09. The van der Waals surface area contributed by atoms with E-state index in [1.165, 1.54) is 18.2 Å². The Labute approximate surface area is 111 Å². The van der Waals surface area contributed by atoms with Crippen LogP contribution in [0.3, 0.4) is 0 Å². The van der Waals surface area contributed by atoms with Gasteiger partial charge in [-0.1, -0.05) is 19.1 Å². The average molecular weight is 263 g/mol. The predicted molar refractivity (Wildman–Crippen MR) is 73.4 cm³/mol. The minimum absolute atomic E-state index is 0.0307. The van der Waals surface area contributed by atoms with Crippen molar-refractivity contribution in [2.75, 3.05) is 6.54 Å². The summed E-state index contributed by atoms with van der Waals surface area (Å²) in [5, 5.41) is 13.4. The summed E-state index contributed by atoms with van der Waals surface area (Å²) in [5.41, 5.74) is 6.02. The molecule has 6 heteroatoms. The molecule has 0 spiro atoms. The molecule has 1 atom stereocenters. The Bertz CT molecular complexity index is 486. The molecule has 1 rings (SSSR count). The monoisotopic (exact) mass is 263 g/mol. The Balaban J connectivity index is 2.66. The van der Waals surface area contributed by atoms with E-state index in [1.54, 1.807) is 18.2 Å². The normalized spacial score (nSPS) is 12.3. The number of hydrogen-bond donors (Lipinski definition) is 2. The molecule has 0 aliphatic rings. The largest absolute Gasteiger partial charge is 0.351 e. The first-order valence-corrected chi connectivity index (χ1v) is 5.99. The number of nitrogens with zero attached hydrogens (tertiary/aromatic N) is 1. The number of nitrogens with two attached hydrogens (primary N) is 1. The van der Waals surface area contributed by atoms with Gasteiger partial charge >= 0.3 is 0 Å². The molecule has 0 saturated heterocycles. The number of hydrogen-bond acceptors (Lipinski definition) is 4. The summed E-state index contributed by atoms with van der Waals surface area (Å²) in [5.74, 6) is -0.318. The Hall–Kier alpha value is -2.21. The van der Waals surface area contributed by atoms with Crippen molar-refractivity contribution < 1.29 is 9.72 Å². The molecule has 19 heavy (non-hydrogen) atoms. The summed E-state index contributed by atoms with van der Waals surface area (Å²) in [4.78, 5) is 21.8. The predicted octanol–water partition coefficient (Wildman–Crippen LogP) is 1.46. The molecule has 0 saturated carbocycles. The van der Waals surface area contributed by atoms with Gasteiger partial charge in [0, 0.05) is 24.7 Å². The highest BCUT2D eigenvalue weighted by Crippen LogP contribution is 2.18. The topological polar surface area (TPSA) is 98.3 Å². The molecule has 102 valence electrons. The van der Waals surface area contributed by atoms with Crippen molar-refractivity contribution in [1.29, 1.82) is 0 Å². The van der Waals surface area contributed by atoms with E-state index in [2.05, 4.69) is 5.32 Å². The molecule has 0 aliphatic carbocycles. The fourth-order valence-corrected chi connectivity index (χ4v) is 1.40. The Morgan fingerprint density at radius 2 is 2.21 bits per heavy atom. The molecule has 1 aromatic carbocycles. The highest BCUT2D eigenvalue weighted by atomic mass is 16.6. The first-order valence-electron chi connectivity index (χ1n) is 5.99. The van der Waals surface area contributed by atoms with Gasteiger partial charge in [-0.2, -0.15) is 0 Å². The van der Waals surface area contributed by atoms with Gasteiger partial charge in [0.05, 0.1) is 10.5 Å². The number of benzene rings is 1. The lowest BCUT2D eigenvalue weighted by Crippen LogP contribution is -2.35. The lowest BCUT2D eigenvalue weighted by molar-refractivity contribution is -0.385. The number of nitro groups is 1. The molecular formula is C13H17N3O3. The zero-order chi connectivity index (χ0) is 14.3. The molecule has 1 amide bonds. The maximum absolute atomic E-state index is 11.5. The summed E-state index contributed by atoms with van der Waals surface area (Å²) < 4.78 is 0. The summed E-state index contributed by atoms with van der Waals surface area (Å²) in [7, 11) is 0. The summed E-state index contributed by atoms with van der Waals surface area (Å²) in [6.07, 6.45) is 3.46. The maximum Gasteiger partial charge on any atom is 0.276 e. The van der Waals surface area contributed by atoms with Gasteiger partial charge < -0.3 is 11.1 Å². The van der Waals surface area contributed by atoms with Crippen molar-refractivity contribution in [3.8, 4) is 0 Å². The molecule has 6 nitrogen and oxygen atoms in total. The lowest BCUT2D eigenvalue weighted by atomic mass is 10.1. The van der Waals surface area contributed by atoms with E-state index < -0.39 is 4.92 Å². The average Bonchev–Trinajstić information content (AvgIpc) is 2.42. The molecule has 0 radical (unpaired) electrons. The second kappa shape index (κ2) is 7.27. The van der Waals surface area contributed by atoms with Crippen LogP contribution in [0, 0.1) is 10.1 Å². The molecule has 3 N–H and O–H groups in total. The second-order valence-electron chi connectivity index (χ2n) is 4.06. The first-order chi connectivity index (χ1) is 9.04. The number of nitro benzene ring substituents is 1. The lowest BCUT2D eigenvalue weighted by Gasteiger charge is -2.08. The minimum atomic E-state index is -0.482. The van der Waals surface area contributed by atoms with Gasteiger partial charge in [0.2, 0.25) is 5.91 Å². The van der Waals surface area contributed by atoms with Crippen LogP contribution in [0.5, 0.6) is 0 Å². The number of nitrogens with one attached hydrogen (secondary N) is 1. The smallest absolute Gasteiger partial charge is 0.276 e. The molecular weight excluding hydrogens is 246 g/mol. The van der Waals surface area contributed by atoms with E-state index >= 15 is 0 Å². The van der Waals surface area contributed by atoms with E-state index in [-0.39, 0.29) is 17.6 Å². The van der Waals surface area contributed by atoms with Crippen LogP contribution in [0.2, 0.25) is 0 Å². The van der Waals surface area contributed by atoms with Crippen LogP contribution in [0.4, 0.5) is 5.69 Å². The molecule has 0 aliphatic heterocycles. The van der Waals surface area contributed by atoms with Crippen molar-refractivity contribution in [2.24, 2.45) is 5.73 Å². The van der Waals surface area contributed by atoms with Crippen LogP contribution in [-0.4, -0.2) is 23.4 Å². The van der Waals surface area contributed by atoms with Crippen LogP contribution in [0.15, 0.2) is 30.3 Å². The van der Waals surface area contributed by atoms with Gasteiger partial charge in [0.25, 0.3) is 5.69 Å². The third-order valence-electron chi connectivity index (χ3n) is 2.61. The van der Waals surface area contributed by atoms with Gasteiger partial charge in [0.1, 0.15) is 0 Å². The van der Waals surface area contributed by atoms with Crippen molar-refractivity contribution in [3.63, 3.8) is 0 Å². The second-order valence-corrected chi connectivity index (χ2v) is 4.06. The van der Waals surface area contributed by atoms with Crippen molar-refractivity contribution in [2.45, 2.75) is 19.4 Å². The molecule has 0 bridgehead atoms. The molecule has 0 fully saturated rings. The summed E-state index contributed by atoms with van der Waals surface area (Å²) in [6, 6.07) is 6.15. The third kappa shape index (κ3) is 4.89. The van der Waals surface area contributed by atoms with Crippen molar-refractivity contribution in [1.82, 2.24) is 5.32 Å². The van der Waals surface area contributed by atoms with Crippen LogP contribution >= 0.6 is 0 Å². The quantitative estimate of drug-likeness (QED) is 0.461. The zero-order valence-corrected chi connectivity index (χ0v) is 10.7. The number of carbonyl (C=O) groups is 1. The van der Waals surface area contributed by atoms with Gasteiger partial charge in [-0.05, 0) is 18.6 Å². The Kier molecular flexibility index (Phi) is 5.69. The Morgan fingerprint density at radius 3 is 2.84 bits per heavy atom. The van der Waals surface area contributed by atoms with Gasteiger partial charge in [-0.3, -0.25) is 14.9 Å². The van der Waals surface area contributed by atoms with Gasteiger partial charge in [0.15, 0.2) is 0 Å². The number of carbonyl (C=O) groups excluding carboxylic acids is 1. The Morgan fingerprint density at radius 1 is 1.53 bits per heavy atom. The van der Waals surface area contributed by atoms with Crippen LogP contribution in [-0.2, 0) is 4.79 Å². The zero-order valence-electron chi connectivity index (χ0n) is 10.7. The highest BCUT2D eigenvalue weighted by molar-refractivity contribution is 5.92. The van der Waals surface area contributed by atoms with E-state index in [4.69, 9.17) is 5.73 Å². The first kappa shape index (κ1) is 14.8. The SMILES string of the molecule is CCC(N)CNC(=O)C=Cc1ccccc1[N+](=O)[O-]. The molecule has 1 unspecified atom stereocenters. The van der Waals surface area contributed by atoms with Gasteiger partial charge in [-0.15, -0.1) is 0 Å². The fraction of sp³-hybridized carbons (Fsp3) is 0.308. The number of rotatable bonds is 6. The summed E-state index contributed by atoms with van der Waals surface area (Å²) in [6.45, 7) is 2.32. The van der Waals surface area contributed by atoms with E-state index in [1.807, 2.05) is 6.92 Å². The fourth-order valence-electron chi connectivity index (χ4n) is 1.40. The van der Waals surface area contributed by atoms with Crippen molar-refractivity contribution in [3.05, 3.63) is 46.0 Å². The number of amides is 1. The van der Waals surface area contributed by atoms with E-state index in [9.17, 15) is 14.9 Å². The van der Waals surface area contributed by atoms with E-state index in [0.717, 1.165) is 6.42 Å². The van der Waals surface area contributed by atoms with Crippen LogP contribution in [0.25, 0.3) is 6.08 Å².